The maximum absolute atomic E-state index is 13.5. The molecule has 7 nitrogen and oxygen atoms in total. The van der Waals surface area contributed by atoms with Crippen LogP contribution in [0.3, 0.4) is 0 Å². The third-order valence-electron chi connectivity index (χ3n) is 6.87. The molecule has 1 N–H and O–H groups in total. The molecule has 0 radical (unpaired) electrons. The lowest BCUT2D eigenvalue weighted by molar-refractivity contribution is -0.136. The van der Waals surface area contributed by atoms with Crippen LogP contribution in [0.1, 0.15) is 52.8 Å². The molecular formula is C27H33N3O4. The molecule has 0 saturated carbocycles. The minimum Gasteiger partial charge on any atom is -0.497 e. The van der Waals surface area contributed by atoms with Crippen LogP contribution in [0.15, 0.2) is 54.6 Å². The number of likely N-dealkylation sites (tertiary alicyclic amines) is 2. The van der Waals surface area contributed by atoms with E-state index in [1.165, 1.54) is 0 Å². The predicted molar refractivity (Wildman–Crippen MR) is 130 cm³/mol. The minimum absolute atomic E-state index is 0.00144. The highest BCUT2D eigenvalue weighted by atomic mass is 16.5. The molecule has 2 fully saturated rings. The molecule has 4 rings (SSSR count). The first-order chi connectivity index (χ1) is 16.6. The zero-order chi connectivity index (χ0) is 23.9. The average Bonchev–Trinajstić information content (AvgIpc) is 2.92. The number of carbonyl (C=O) groups is 3. The van der Waals surface area contributed by atoms with Gasteiger partial charge in [-0.15, -0.1) is 0 Å². The van der Waals surface area contributed by atoms with E-state index >= 15 is 0 Å². The molecule has 2 aromatic rings. The van der Waals surface area contributed by atoms with Crippen molar-refractivity contribution in [1.29, 1.82) is 0 Å². The summed E-state index contributed by atoms with van der Waals surface area (Å²) in [5.41, 5.74) is 1.14. The quantitative estimate of drug-likeness (QED) is 0.713. The van der Waals surface area contributed by atoms with Gasteiger partial charge in [0.2, 0.25) is 5.91 Å². The Morgan fingerprint density at radius 3 is 2.21 bits per heavy atom. The van der Waals surface area contributed by atoms with Crippen LogP contribution in [0.5, 0.6) is 5.75 Å². The van der Waals surface area contributed by atoms with E-state index in [2.05, 4.69) is 5.32 Å². The van der Waals surface area contributed by atoms with E-state index in [1.807, 2.05) is 40.1 Å². The Hall–Kier alpha value is -3.35. The number of carbonyl (C=O) groups excluding carboxylic acids is 3. The lowest BCUT2D eigenvalue weighted by atomic mass is 9.87. The third-order valence-corrected chi connectivity index (χ3v) is 6.87. The average molecular weight is 464 g/mol. The molecule has 0 spiro atoms. The number of ether oxygens (including phenoxy) is 1. The Morgan fingerprint density at radius 1 is 0.853 bits per heavy atom. The number of nitrogens with one attached hydrogen (secondary N) is 1. The summed E-state index contributed by atoms with van der Waals surface area (Å²) >= 11 is 0. The summed E-state index contributed by atoms with van der Waals surface area (Å²) in [6.07, 6.45) is 4.46. The second kappa shape index (κ2) is 11.2. The Kier molecular flexibility index (Phi) is 7.83. The van der Waals surface area contributed by atoms with Gasteiger partial charge in [0.15, 0.2) is 0 Å². The fraction of sp³-hybridized carbons (Fsp3) is 0.444. The molecule has 2 saturated heterocycles. The van der Waals surface area contributed by atoms with E-state index in [4.69, 9.17) is 4.74 Å². The number of hydrogen-bond donors (Lipinski definition) is 1. The van der Waals surface area contributed by atoms with Crippen molar-refractivity contribution >= 4 is 17.7 Å². The zero-order valence-corrected chi connectivity index (χ0v) is 19.7. The van der Waals surface area contributed by atoms with Gasteiger partial charge < -0.3 is 19.9 Å². The molecule has 0 aliphatic carbocycles. The van der Waals surface area contributed by atoms with E-state index in [0.29, 0.717) is 42.8 Å². The molecule has 1 atom stereocenters. The highest BCUT2D eigenvalue weighted by Gasteiger charge is 2.36. The normalized spacial score (nSPS) is 17.7. The summed E-state index contributed by atoms with van der Waals surface area (Å²) in [5, 5.41) is 3.04. The number of amides is 3. The summed E-state index contributed by atoms with van der Waals surface area (Å²) in [6, 6.07) is 15.6. The van der Waals surface area contributed by atoms with Crippen LogP contribution in [0, 0.1) is 5.92 Å². The van der Waals surface area contributed by atoms with Gasteiger partial charge in [0, 0.05) is 37.3 Å². The second-order valence-electron chi connectivity index (χ2n) is 9.06. The van der Waals surface area contributed by atoms with Crippen LogP contribution in [-0.4, -0.2) is 66.9 Å². The van der Waals surface area contributed by atoms with Crippen molar-refractivity contribution < 1.29 is 19.1 Å². The van der Waals surface area contributed by atoms with Gasteiger partial charge in [-0.3, -0.25) is 14.4 Å². The first-order valence-electron chi connectivity index (χ1n) is 12.1. The van der Waals surface area contributed by atoms with E-state index in [1.54, 1.807) is 31.4 Å². The number of benzene rings is 2. The van der Waals surface area contributed by atoms with E-state index in [0.717, 1.165) is 32.4 Å². The van der Waals surface area contributed by atoms with Gasteiger partial charge in [-0.2, -0.15) is 0 Å². The van der Waals surface area contributed by atoms with Gasteiger partial charge in [-0.1, -0.05) is 24.3 Å². The Balaban J connectivity index is 1.45. The highest BCUT2D eigenvalue weighted by Crippen LogP contribution is 2.25. The van der Waals surface area contributed by atoms with Crippen LogP contribution < -0.4 is 10.1 Å². The van der Waals surface area contributed by atoms with Crippen molar-refractivity contribution in [2.24, 2.45) is 5.92 Å². The van der Waals surface area contributed by atoms with Crippen molar-refractivity contribution in [3.63, 3.8) is 0 Å². The van der Waals surface area contributed by atoms with Crippen LogP contribution >= 0.6 is 0 Å². The monoisotopic (exact) mass is 463 g/mol. The molecule has 2 aliphatic heterocycles. The zero-order valence-electron chi connectivity index (χ0n) is 19.7. The molecule has 2 aliphatic rings. The first-order valence-corrected chi connectivity index (χ1v) is 12.1. The van der Waals surface area contributed by atoms with Gasteiger partial charge in [0.25, 0.3) is 11.8 Å². The topological polar surface area (TPSA) is 79.0 Å². The SMILES string of the molecule is COc1cccc(C(=O)N2CCC(C(NC(=O)c3ccccc3)C(=O)N3CCCCC3)CC2)c1. The molecule has 0 bridgehead atoms. The maximum atomic E-state index is 13.5. The summed E-state index contributed by atoms with van der Waals surface area (Å²) in [6.45, 7) is 2.57. The molecule has 180 valence electrons. The summed E-state index contributed by atoms with van der Waals surface area (Å²) < 4.78 is 5.25. The summed E-state index contributed by atoms with van der Waals surface area (Å²) in [5.74, 6) is 0.366. The van der Waals surface area contributed by atoms with Crippen molar-refractivity contribution in [3.05, 3.63) is 65.7 Å². The van der Waals surface area contributed by atoms with E-state index in [-0.39, 0.29) is 23.6 Å². The minimum atomic E-state index is -0.583. The largest absolute Gasteiger partial charge is 0.497 e. The summed E-state index contributed by atoms with van der Waals surface area (Å²) in [4.78, 5) is 43.2. The molecule has 2 aromatic carbocycles. The van der Waals surface area contributed by atoms with E-state index < -0.39 is 6.04 Å². The van der Waals surface area contributed by atoms with E-state index in [9.17, 15) is 14.4 Å². The number of methoxy groups -OCH3 is 1. The van der Waals surface area contributed by atoms with Crippen LogP contribution in [-0.2, 0) is 4.79 Å². The maximum Gasteiger partial charge on any atom is 0.253 e. The number of rotatable bonds is 6. The van der Waals surface area contributed by atoms with Crippen LogP contribution in [0.4, 0.5) is 0 Å². The van der Waals surface area contributed by atoms with Crippen molar-refractivity contribution in [3.8, 4) is 5.75 Å². The Bertz CT molecular complexity index is 996. The molecule has 0 aromatic heterocycles. The first kappa shape index (κ1) is 23.8. The molecule has 2 heterocycles. The summed E-state index contributed by atoms with van der Waals surface area (Å²) in [7, 11) is 1.58. The molecule has 7 heteroatoms. The fourth-order valence-electron chi connectivity index (χ4n) is 4.88. The van der Waals surface area contributed by atoms with Gasteiger partial charge >= 0.3 is 0 Å². The van der Waals surface area contributed by atoms with Crippen LogP contribution in [0.25, 0.3) is 0 Å². The second-order valence-corrected chi connectivity index (χ2v) is 9.06. The lowest BCUT2D eigenvalue weighted by Gasteiger charge is -2.38. The van der Waals surface area contributed by atoms with Crippen molar-refractivity contribution in [2.45, 2.75) is 38.1 Å². The molecular weight excluding hydrogens is 430 g/mol. The van der Waals surface area contributed by atoms with Crippen molar-refractivity contribution in [2.75, 3.05) is 33.3 Å². The molecule has 34 heavy (non-hydrogen) atoms. The number of nitrogens with zero attached hydrogens (tertiary/aromatic N) is 2. The smallest absolute Gasteiger partial charge is 0.253 e. The molecule has 3 amide bonds. The fourth-order valence-corrected chi connectivity index (χ4v) is 4.88. The Morgan fingerprint density at radius 2 is 1.53 bits per heavy atom. The highest BCUT2D eigenvalue weighted by molar-refractivity contribution is 5.98. The number of piperidine rings is 2. The lowest BCUT2D eigenvalue weighted by Crippen LogP contribution is -2.55. The van der Waals surface area contributed by atoms with Gasteiger partial charge in [-0.05, 0) is 68.4 Å². The predicted octanol–water partition coefficient (Wildman–Crippen LogP) is 3.36. The van der Waals surface area contributed by atoms with Crippen molar-refractivity contribution in [1.82, 2.24) is 15.1 Å². The van der Waals surface area contributed by atoms with Gasteiger partial charge in [0.1, 0.15) is 11.8 Å². The van der Waals surface area contributed by atoms with Gasteiger partial charge in [-0.25, -0.2) is 0 Å². The van der Waals surface area contributed by atoms with Gasteiger partial charge in [0.05, 0.1) is 7.11 Å². The third kappa shape index (κ3) is 5.58. The number of hydrogen-bond acceptors (Lipinski definition) is 4. The Labute approximate surface area is 201 Å². The van der Waals surface area contributed by atoms with Crippen LogP contribution in [0.2, 0.25) is 0 Å². The standard InChI is InChI=1S/C27H33N3O4/c1-34-23-12-8-11-22(19-23)26(32)30-17-13-20(14-18-30)24(27(33)29-15-6-3-7-16-29)28-25(31)21-9-4-2-5-10-21/h2,4-5,8-12,19-20,24H,3,6-7,13-18H2,1H3,(H,28,31). The molecule has 1 unspecified atom stereocenters.